The first kappa shape index (κ1) is 26.8. The summed E-state index contributed by atoms with van der Waals surface area (Å²) >= 11 is 0. The molecule has 2 aromatic carbocycles. The van der Waals surface area contributed by atoms with E-state index in [1.807, 2.05) is 54.6 Å². The van der Waals surface area contributed by atoms with Crippen molar-refractivity contribution in [2.75, 3.05) is 19.0 Å². The first-order valence-electron chi connectivity index (χ1n) is 13.6. The molecule has 0 saturated carbocycles. The molecule has 1 spiro atoms. The number of rotatable bonds is 9. The van der Waals surface area contributed by atoms with E-state index in [0.717, 1.165) is 16.9 Å². The molecule has 3 aromatic rings. The van der Waals surface area contributed by atoms with Crippen LogP contribution < -0.4 is 15.4 Å². The molecule has 10 nitrogen and oxygen atoms in total. The number of carbonyl (C=O) groups excluding carboxylic acids is 3. The summed E-state index contributed by atoms with van der Waals surface area (Å²) in [7, 11) is 1.61. The summed E-state index contributed by atoms with van der Waals surface area (Å²) < 4.78 is 16.9. The molecule has 10 heteroatoms. The molecule has 6 rings (SSSR count). The van der Waals surface area contributed by atoms with Crippen molar-refractivity contribution >= 4 is 23.5 Å². The number of amides is 3. The number of anilines is 1. The van der Waals surface area contributed by atoms with Gasteiger partial charge >= 0.3 is 0 Å². The highest BCUT2D eigenvalue weighted by molar-refractivity contribution is 6.03. The van der Waals surface area contributed by atoms with Crippen molar-refractivity contribution in [3.05, 3.63) is 89.7 Å². The third-order valence-electron chi connectivity index (χ3n) is 8.32. The molecule has 2 N–H and O–H groups in total. The molecule has 3 aliphatic heterocycles. The van der Waals surface area contributed by atoms with Gasteiger partial charge in [0.1, 0.15) is 23.2 Å². The largest absolute Gasteiger partial charge is 0.497 e. The first-order valence-corrected chi connectivity index (χ1v) is 13.6. The molecule has 0 radical (unpaired) electrons. The Morgan fingerprint density at radius 2 is 1.80 bits per heavy atom. The van der Waals surface area contributed by atoms with E-state index in [4.69, 9.17) is 14.0 Å². The average molecular weight is 557 g/mol. The van der Waals surface area contributed by atoms with Crippen LogP contribution in [-0.2, 0) is 32.1 Å². The maximum Gasteiger partial charge on any atom is 0.246 e. The summed E-state index contributed by atoms with van der Waals surface area (Å²) in [6, 6.07) is 17.8. The number of nitrogens with one attached hydrogen (secondary N) is 2. The van der Waals surface area contributed by atoms with Gasteiger partial charge in [-0.1, -0.05) is 59.8 Å². The second kappa shape index (κ2) is 10.2. The minimum atomic E-state index is -1.28. The minimum Gasteiger partial charge on any atom is -0.497 e. The summed E-state index contributed by atoms with van der Waals surface area (Å²) in [5.41, 5.74) is -0.430. The van der Waals surface area contributed by atoms with Gasteiger partial charge in [0.15, 0.2) is 5.82 Å². The Labute approximate surface area is 237 Å². The van der Waals surface area contributed by atoms with E-state index in [1.165, 1.54) is 0 Å². The van der Waals surface area contributed by atoms with Crippen LogP contribution in [0.3, 0.4) is 0 Å². The number of carbonyl (C=O) groups is 3. The monoisotopic (exact) mass is 556 g/mol. The molecule has 1 aromatic heterocycles. The minimum absolute atomic E-state index is 0.260. The summed E-state index contributed by atoms with van der Waals surface area (Å²) in [5.74, 6) is -1.24. The Balaban J connectivity index is 1.30. The zero-order valence-corrected chi connectivity index (χ0v) is 23.1. The maximum absolute atomic E-state index is 14.2. The highest BCUT2D eigenvalue weighted by Crippen LogP contribution is 2.59. The Morgan fingerprint density at radius 3 is 2.49 bits per heavy atom. The van der Waals surface area contributed by atoms with Crippen LogP contribution in [0.15, 0.2) is 77.3 Å². The van der Waals surface area contributed by atoms with Crippen LogP contribution in [0.2, 0.25) is 0 Å². The molecular formula is C31H32N4O6. The van der Waals surface area contributed by atoms with E-state index < -0.39 is 35.0 Å². The molecule has 5 atom stereocenters. The van der Waals surface area contributed by atoms with E-state index in [-0.39, 0.29) is 24.2 Å². The van der Waals surface area contributed by atoms with Crippen LogP contribution in [0.1, 0.15) is 23.8 Å². The quantitative estimate of drug-likeness (QED) is 0.389. The van der Waals surface area contributed by atoms with Crippen molar-refractivity contribution in [3.8, 4) is 5.75 Å². The number of fused-ring (bicyclic) bond motifs is 1. The molecule has 2 saturated heterocycles. The smallest absolute Gasteiger partial charge is 0.246 e. The normalized spacial score (nSPS) is 27.6. The number of hydrogen-bond donors (Lipinski definition) is 2. The van der Waals surface area contributed by atoms with E-state index in [0.29, 0.717) is 18.7 Å². The fourth-order valence-corrected chi connectivity index (χ4v) is 6.42. The summed E-state index contributed by atoms with van der Waals surface area (Å²) in [6.07, 6.45) is 4.12. The van der Waals surface area contributed by atoms with Gasteiger partial charge in [-0.25, -0.2) is 0 Å². The summed E-state index contributed by atoms with van der Waals surface area (Å²) in [6.45, 7) is 4.08. The number of nitrogens with zero attached hydrogens (tertiary/aromatic N) is 2. The number of methoxy groups -OCH3 is 1. The lowest BCUT2D eigenvalue weighted by Gasteiger charge is -2.33. The topological polar surface area (TPSA) is 123 Å². The predicted molar refractivity (Wildman–Crippen MR) is 149 cm³/mol. The molecule has 3 aliphatic rings. The van der Waals surface area contributed by atoms with E-state index in [2.05, 4.69) is 15.8 Å². The van der Waals surface area contributed by atoms with Crippen LogP contribution >= 0.6 is 0 Å². The van der Waals surface area contributed by atoms with Gasteiger partial charge in [-0.2, -0.15) is 0 Å². The number of ether oxygens (including phenoxy) is 2. The van der Waals surface area contributed by atoms with Crippen LogP contribution in [0.4, 0.5) is 5.82 Å². The number of aryl methyl sites for hydroxylation is 1. The van der Waals surface area contributed by atoms with Crippen LogP contribution in [-0.4, -0.2) is 58.7 Å². The first-order chi connectivity index (χ1) is 19.7. The highest BCUT2D eigenvalue weighted by atomic mass is 16.5. The van der Waals surface area contributed by atoms with Crippen LogP contribution in [0.5, 0.6) is 5.75 Å². The second-order valence-corrected chi connectivity index (χ2v) is 11.0. The van der Waals surface area contributed by atoms with Crippen molar-refractivity contribution < 1.29 is 28.4 Å². The van der Waals surface area contributed by atoms with E-state index in [1.54, 1.807) is 44.1 Å². The summed E-state index contributed by atoms with van der Waals surface area (Å²) in [5, 5.41) is 9.65. The van der Waals surface area contributed by atoms with E-state index >= 15 is 0 Å². The van der Waals surface area contributed by atoms with Gasteiger partial charge in [0.05, 0.1) is 24.5 Å². The second-order valence-electron chi connectivity index (χ2n) is 11.0. The average Bonchev–Trinajstić information content (AvgIpc) is 3.68. The highest BCUT2D eigenvalue weighted by Gasteiger charge is 2.76. The van der Waals surface area contributed by atoms with Gasteiger partial charge in [-0.3, -0.25) is 14.4 Å². The van der Waals surface area contributed by atoms with E-state index in [9.17, 15) is 14.4 Å². The lowest BCUT2D eigenvalue weighted by Crippen LogP contribution is -2.55. The SMILES string of the molecule is COc1ccc(CCN2C(=O)C3C(C(=O)Nc4cc(C)on4)C4(C)C=CC3(O4)C2C(=O)NCc2ccccc2)cc1. The zero-order valence-electron chi connectivity index (χ0n) is 23.1. The molecule has 4 heterocycles. The van der Waals surface area contributed by atoms with Gasteiger partial charge in [0, 0.05) is 19.2 Å². The Morgan fingerprint density at radius 1 is 1.05 bits per heavy atom. The number of aromatic nitrogens is 1. The molecular weight excluding hydrogens is 524 g/mol. The Bertz CT molecular complexity index is 1500. The third-order valence-corrected chi connectivity index (χ3v) is 8.32. The molecule has 212 valence electrons. The van der Waals surface area contributed by atoms with Crippen molar-refractivity contribution in [2.45, 2.75) is 44.1 Å². The zero-order chi connectivity index (χ0) is 28.8. The fourth-order valence-electron chi connectivity index (χ4n) is 6.42. The molecule has 3 amide bonds. The molecule has 2 bridgehead atoms. The van der Waals surface area contributed by atoms with Crippen molar-refractivity contribution in [1.29, 1.82) is 0 Å². The van der Waals surface area contributed by atoms with Crippen LogP contribution in [0, 0.1) is 18.8 Å². The molecule has 0 aliphatic carbocycles. The Hall–Kier alpha value is -4.44. The lowest BCUT2D eigenvalue weighted by molar-refractivity contribution is -0.144. The fraction of sp³-hybridized carbons (Fsp3) is 0.355. The lowest BCUT2D eigenvalue weighted by atomic mass is 9.70. The van der Waals surface area contributed by atoms with Crippen molar-refractivity contribution in [2.24, 2.45) is 11.8 Å². The Kier molecular flexibility index (Phi) is 6.65. The number of benzene rings is 2. The molecule has 2 fully saturated rings. The number of likely N-dealkylation sites (tertiary alicyclic amines) is 1. The predicted octanol–water partition coefficient (Wildman–Crippen LogP) is 3.03. The number of hydrogen-bond acceptors (Lipinski definition) is 7. The molecule has 41 heavy (non-hydrogen) atoms. The summed E-state index contributed by atoms with van der Waals surface area (Å²) in [4.78, 5) is 43.3. The van der Waals surface area contributed by atoms with Gasteiger partial charge in [-0.15, -0.1) is 0 Å². The van der Waals surface area contributed by atoms with Gasteiger partial charge in [0.25, 0.3) is 0 Å². The van der Waals surface area contributed by atoms with Crippen LogP contribution in [0.25, 0.3) is 0 Å². The van der Waals surface area contributed by atoms with Gasteiger partial charge in [-0.05, 0) is 43.5 Å². The van der Waals surface area contributed by atoms with Gasteiger partial charge in [0.2, 0.25) is 17.7 Å². The maximum atomic E-state index is 14.2. The van der Waals surface area contributed by atoms with Gasteiger partial charge < -0.3 is 29.5 Å². The van der Waals surface area contributed by atoms with Crippen molar-refractivity contribution in [1.82, 2.24) is 15.4 Å². The third kappa shape index (κ3) is 4.58. The standard InChI is InChI=1S/C31H32N4O6/c1-19-17-23(34-40-19)33-27(36)24-25-29(38)35(16-13-20-9-11-22(39-3)12-10-20)26(31(25)15-14-30(24,2)41-31)28(37)32-18-21-7-5-4-6-8-21/h4-12,14-15,17,24-26H,13,16,18H2,1-3H3,(H,32,37)(H,33,34,36). The van der Waals surface area contributed by atoms with Crippen molar-refractivity contribution in [3.63, 3.8) is 0 Å². The molecule has 5 unspecified atom stereocenters.